The van der Waals surface area contributed by atoms with Crippen LogP contribution >= 0.6 is 69.8 Å². The molecule has 1 heterocycles. The van der Waals surface area contributed by atoms with Crippen molar-refractivity contribution in [2.75, 3.05) is 11.5 Å². The second kappa shape index (κ2) is 11.3. The lowest BCUT2D eigenvalue weighted by Gasteiger charge is -2.15. The molecule has 0 saturated carbocycles. The summed E-state index contributed by atoms with van der Waals surface area (Å²) in [6, 6.07) is 18.6. The molecule has 0 aromatic heterocycles. The van der Waals surface area contributed by atoms with E-state index in [4.69, 9.17) is 44.9 Å². The van der Waals surface area contributed by atoms with Crippen LogP contribution in [0.3, 0.4) is 0 Å². The number of hydrogen-bond acceptors (Lipinski definition) is 5. The van der Waals surface area contributed by atoms with Crippen molar-refractivity contribution >= 4 is 91.8 Å². The number of hydrogen-bond donors (Lipinski definition) is 0. The average molecular weight is 642 g/mol. The lowest BCUT2D eigenvalue weighted by Crippen LogP contribution is -2.27. The molecule has 1 fully saturated rings. The maximum Gasteiger partial charge on any atom is 0.270 e. The minimum absolute atomic E-state index is 0.144. The van der Waals surface area contributed by atoms with E-state index in [0.717, 1.165) is 20.4 Å². The van der Waals surface area contributed by atoms with Crippen molar-refractivity contribution in [3.8, 4) is 11.5 Å². The Balaban J connectivity index is 1.59. The molecule has 34 heavy (non-hydrogen) atoms. The largest absolute Gasteiger partial charge is 0.490 e. The summed E-state index contributed by atoms with van der Waals surface area (Å²) in [5, 5.41) is 0.975. The Morgan fingerprint density at radius 3 is 2.53 bits per heavy atom. The number of nitrogens with zero attached hydrogens (tertiary/aromatic N) is 1. The summed E-state index contributed by atoms with van der Waals surface area (Å²) in [7, 11) is 0. The van der Waals surface area contributed by atoms with Gasteiger partial charge in [-0.25, -0.2) is 0 Å². The van der Waals surface area contributed by atoms with E-state index in [1.165, 1.54) is 11.8 Å². The molecular formula is C25H18Cl2INO3S2. The summed E-state index contributed by atoms with van der Waals surface area (Å²) >= 11 is 21.1. The van der Waals surface area contributed by atoms with Gasteiger partial charge in [0.25, 0.3) is 5.91 Å². The van der Waals surface area contributed by atoms with E-state index in [2.05, 4.69) is 22.6 Å². The Morgan fingerprint density at radius 1 is 1.06 bits per heavy atom. The molecule has 0 spiro atoms. The van der Waals surface area contributed by atoms with E-state index in [-0.39, 0.29) is 5.91 Å². The van der Waals surface area contributed by atoms with Crippen LogP contribution in [0, 0.1) is 3.57 Å². The van der Waals surface area contributed by atoms with Crippen molar-refractivity contribution in [1.82, 2.24) is 0 Å². The summed E-state index contributed by atoms with van der Waals surface area (Å²) in [5.41, 5.74) is 2.47. The summed E-state index contributed by atoms with van der Waals surface area (Å²) < 4.78 is 13.3. The molecule has 0 N–H and O–H groups in total. The number of carbonyl (C=O) groups excluding carboxylic acids is 1. The lowest BCUT2D eigenvalue weighted by atomic mass is 10.1. The fourth-order valence-corrected chi connectivity index (χ4v) is 5.68. The Kier molecular flexibility index (Phi) is 8.42. The smallest absolute Gasteiger partial charge is 0.270 e. The SMILES string of the molecule is CCOc1cc(/C=C2/SC(=S)N(c3ccccc3)C2=O)cc(I)c1OCc1ccc(Cl)c(Cl)c1. The van der Waals surface area contributed by atoms with Crippen LogP contribution in [0.4, 0.5) is 5.69 Å². The molecule has 0 unspecified atom stereocenters. The highest BCUT2D eigenvalue weighted by Gasteiger charge is 2.33. The van der Waals surface area contributed by atoms with Crippen molar-refractivity contribution in [1.29, 1.82) is 0 Å². The van der Waals surface area contributed by atoms with Gasteiger partial charge in [0.15, 0.2) is 15.8 Å². The molecule has 1 aliphatic heterocycles. The number of carbonyl (C=O) groups is 1. The van der Waals surface area contributed by atoms with Crippen LogP contribution in [0.25, 0.3) is 6.08 Å². The van der Waals surface area contributed by atoms with Gasteiger partial charge in [-0.05, 0) is 83.1 Å². The second-order valence-electron chi connectivity index (χ2n) is 7.15. The third kappa shape index (κ3) is 5.71. The number of thiocarbonyl (C=S) groups is 1. The summed E-state index contributed by atoms with van der Waals surface area (Å²) in [4.78, 5) is 15.2. The number of halogens is 3. The number of para-hydroxylation sites is 1. The standard InChI is InChI=1S/C25H18Cl2INO3S2/c1-2-31-21-12-16(11-20(28)23(21)32-14-15-8-9-18(26)19(27)10-15)13-22-24(30)29(25(33)34-22)17-6-4-3-5-7-17/h3-13H,2,14H2,1H3/b22-13+. The highest BCUT2D eigenvalue weighted by atomic mass is 127. The zero-order chi connectivity index (χ0) is 24.2. The molecule has 0 radical (unpaired) electrons. The van der Waals surface area contributed by atoms with Crippen molar-refractivity contribution in [2.24, 2.45) is 0 Å². The number of anilines is 1. The third-order valence-electron chi connectivity index (χ3n) is 4.80. The molecule has 1 aliphatic rings. The zero-order valence-corrected chi connectivity index (χ0v) is 23.2. The predicted molar refractivity (Wildman–Crippen MR) is 153 cm³/mol. The molecule has 9 heteroatoms. The first-order valence-corrected chi connectivity index (χ1v) is 13.3. The van der Waals surface area contributed by atoms with Crippen LogP contribution in [0.5, 0.6) is 11.5 Å². The molecule has 1 amide bonds. The van der Waals surface area contributed by atoms with Gasteiger partial charge in [0, 0.05) is 0 Å². The number of amides is 1. The molecule has 4 rings (SSSR count). The molecule has 4 nitrogen and oxygen atoms in total. The van der Waals surface area contributed by atoms with E-state index >= 15 is 0 Å². The van der Waals surface area contributed by atoms with Gasteiger partial charge in [0.1, 0.15) is 6.61 Å². The van der Waals surface area contributed by atoms with Crippen LogP contribution in [-0.2, 0) is 11.4 Å². The fourth-order valence-electron chi connectivity index (χ4n) is 3.28. The Morgan fingerprint density at radius 2 is 1.82 bits per heavy atom. The minimum atomic E-state index is -0.144. The molecule has 0 atom stereocenters. The van der Waals surface area contributed by atoms with Crippen molar-refractivity contribution in [3.63, 3.8) is 0 Å². The van der Waals surface area contributed by atoms with Gasteiger partial charge in [-0.3, -0.25) is 9.69 Å². The van der Waals surface area contributed by atoms with E-state index in [1.54, 1.807) is 17.0 Å². The van der Waals surface area contributed by atoms with E-state index in [1.807, 2.05) is 61.5 Å². The second-order valence-corrected chi connectivity index (χ2v) is 10.8. The van der Waals surface area contributed by atoms with Crippen LogP contribution in [0.15, 0.2) is 65.6 Å². The first-order valence-electron chi connectivity index (χ1n) is 10.2. The molecular weight excluding hydrogens is 624 g/mol. The topological polar surface area (TPSA) is 38.8 Å². The van der Waals surface area contributed by atoms with Gasteiger partial charge in [-0.15, -0.1) is 0 Å². The maximum absolute atomic E-state index is 13.1. The van der Waals surface area contributed by atoms with Gasteiger partial charge < -0.3 is 9.47 Å². The van der Waals surface area contributed by atoms with Crippen LogP contribution < -0.4 is 14.4 Å². The number of benzene rings is 3. The van der Waals surface area contributed by atoms with E-state index in [0.29, 0.717) is 44.0 Å². The highest BCUT2D eigenvalue weighted by Crippen LogP contribution is 2.39. The van der Waals surface area contributed by atoms with Gasteiger partial charge in [-0.1, -0.05) is 71.4 Å². The normalized spacial score (nSPS) is 14.7. The maximum atomic E-state index is 13.1. The van der Waals surface area contributed by atoms with Gasteiger partial charge in [0.05, 0.1) is 30.8 Å². The Hall–Kier alpha value is -1.78. The van der Waals surface area contributed by atoms with Crippen LogP contribution in [-0.4, -0.2) is 16.8 Å². The molecule has 0 aliphatic carbocycles. The van der Waals surface area contributed by atoms with Gasteiger partial charge in [-0.2, -0.15) is 0 Å². The minimum Gasteiger partial charge on any atom is -0.490 e. The lowest BCUT2D eigenvalue weighted by molar-refractivity contribution is -0.113. The quantitative estimate of drug-likeness (QED) is 0.149. The van der Waals surface area contributed by atoms with Gasteiger partial charge in [0.2, 0.25) is 0 Å². The summed E-state index contributed by atoms with van der Waals surface area (Å²) in [5.74, 6) is 1.08. The van der Waals surface area contributed by atoms with Crippen LogP contribution in [0.1, 0.15) is 18.1 Å². The first-order chi connectivity index (χ1) is 16.4. The predicted octanol–water partition coefficient (Wildman–Crippen LogP) is 7.98. The number of ether oxygens (including phenoxy) is 2. The number of thioether (sulfide) groups is 1. The van der Waals surface area contributed by atoms with Crippen molar-refractivity contribution in [3.05, 3.63) is 90.3 Å². The first kappa shape index (κ1) is 25.3. The van der Waals surface area contributed by atoms with E-state index in [9.17, 15) is 4.79 Å². The molecule has 174 valence electrons. The Bertz CT molecular complexity index is 1280. The molecule has 0 bridgehead atoms. The van der Waals surface area contributed by atoms with E-state index < -0.39 is 0 Å². The third-order valence-corrected chi connectivity index (χ3v) is 7.65. The van der Waals surface area contributed by atoms with Crippen molar-refractivity contribution < 1.29 is 14.3 Å². The fraction of sp³-hybridized carbons (Fsp3) is 0.120. The monoisotopic (exact) mass is 641 g/mol. The zero-order valence-electron chi connectivity index (χ0n) is 17.9. The highest BCUT2D eigenvalue weighted by molar-refractivity contribution is 14.1. The molecule has 3 aromatic rings. The van der Waals surface area contributed by atoms with Gasteiger partial charge >= 0.3 is 0 Å². The summed E-state index contributed by atoms with van der Waals surface area (Å²) in [6.45, 7) is 2.69. The Labute approximate surface area is 231 Å². The average Bonchev–Trinajstić information content (AvgIpc) is 3.09. The molecule has 1 saturated heterocycles. The number of rotatable bonds is 7. The summed E-state index contributed by atoms with van der Waals surface area (Å²) in [6.07, 6.45) is 1.83. The van der Waals surface area contributed by atoms with Crippen molar-refractivity contribution in [2.45, 2.75) is 13.5 Å². The van der Waals surface area contributed by atoms with Crippen LogP contribution in [0.2, 0.25) is 10.0 Å². The molecule has 3 aromatic carbocycles.